The fraction of sp³-hybridized carbons (Fsp3) is 0.368. The number of carbonyl (C=O) groups excluding carboxylic acids is 2. The van der Waals surface area contributed by atoms with Crippen molar-refractivity contribution in [1.82, 2.24) is 4.90 Å². The van der Waals surface area contributed by atoms with Crippen molar-refractivity contribution in [3.63, 3.8) is 0 Å². The van der Waals surface area contributed by atoms with Crippen LogP contribution in [0.3, 0.4) is 0 Å². The maximum Gasteiger partial charge on any atom is 0.228 e. The number of carbonyl (C=O) groups is 2. The van der Waals surface area contributed by atoms with Gasteiger partial charge in [-0.3, -0.25) is 9.59 Å². The van der Waals surface area contributed by atoms with Gasteiger partial charge in [0.25, 0.3) is 0 Å². The summed E-state index contributed by atoms with van der Waals surface area (Å²) >= 11 is 0. The highest BCUT2D eigenvalue weighted by atomic mass is 19.1. The first-order valence-electron chi connectivity index (χ1n) is 8.45. The van der Waals surface area contributed by atoms with Crippen molar-refractivity contribution in [1.29, 1.82) is 0 Å². The molecule has 1 aliphatic rings. The van der Waals surface area contributed by atoms with Gasteiger partial charge in [0.15, 0.2) is 0 Å². The Kier molecular flexibility index (Phi) is 5.68. The van der Waals surface area contributed by atoms with Crippen molar-refractivity contribution >= 4 is 17.5 Å². The number of anilines is 1. The zero-order chi connectivity index (χ0) is 18.5. The fourth-order valence-corrected chi connectivity index (χ4v) is 3.09. The van der Waals surface area contributed by atoms with Gasteiger partial charge in [-0.15, -0.1) is 0 Å². The van der Waals surface area contributed by atoms with Gasteiger partial charge in [0.1, 0.15) is 11.6 Å². The first-order valence-corrected chi connectivity index (χ1v) is 8.45. The summed E-state index contributed by atoms with van der Waals surface area (Å²) in [5.41, 5.74) is 0.210. The second-order valence-corrected chi connectivity index (χ2v) is 6.19. The first-order chi connectivity index (χ1) is 12.6. The molecule has 2 amide bonds. The second-order valence-electron chi connectivity index (χ2n) is 6.19. The standard InChI is InChI=1S/C19H21FN2O4/c1-25-10-8-21(13-15-5-4-9-26-15)19(24)14-11-18(23)22(12-14)17-7-3-2-6-16(17)20/h2-7,9,14H,8,10-13H2,1H3. The molecule has 0 saturated carbocycles. The van der Waals surface area contributed by atoms with E-state index in [9.17, 15) is 14.0 Å². The molecule has 1 saturated heterocycles. The number of furan rings is 1. The van der Waals surface area contributed by atoms with Crippen LogP contribution in [-0.4, -0.2) is 43.5 Å². The molecule has 6 nitrogen and oxygen atoms in total. The van der Waals surface area contributed by atoms with Crippen molar-refractivity contribution in [3.8, 4) is 0 Å². The molecule has 0 radical (unpaired) electrons. The van der Waals surface area contributed by atoms with E-state index < -0.39 is 11.7 Å². The van der Waals surface area contributed by atoms with Crippen LogP contribution >= 0.6 is 0 Å². The number of nitrogens with zero attached hydrogens (tertiary/aromatic N) is 2. The quantitative estimate of drug-likeness (QED) is 0.761. The van der Waals surface area contributed by atoms with Gasteiger partial charge in [-0.05, 0) is 24.3 Å². The number of methoxy groups -OCH3 is 1. The van der Waals surface area contributed by atoms with Gasteiger partial charge >= 0.3 is 0 Å². The van der Waals surface area contributed by atoms with Crippen LogP contribution in [0.1, 0.15) is 12.2 Å². The summed E-state index contributed by atoms with van der Waals surface area (Å²) in [6, 6.07) is 9.64. The molecule has 1 atom stereocenters. The summed E-state index contributed by atoms with van der Waals surface area (Å²) in [4.78, 5) is 28.2. The molecule has 1 unspecified atom stereocenters. The van der Waals surface area contributed by atoms with E-state index >= 15 is 0 Å². The zero-order valence-corrected chi connectivity index (χ0v) is 14.6. The predicted octanol–water partition coefficient (Wildman–Crippen LogP) is 2.45. The maximum absolute atomic E-state index is 14.0. The van der Waals surface area contributed by atoms with Crippen LogP contribution in [0.25, 0.3) is 0 Å². The number of hydrogen-bond donors (Lipinski definition) is 0. The summed E-state index contributed by atoms with van der Waals surface area (Å²) in [5.74, 6) is -0.747. The fourth-order valence-electron chi connectivity index (χ4n) is 3.09. The maximum atomic E-state index is 14.0. The van der Waals surface area contributed by atoms with Crippen LogP contribution in [0, 0.1) is 11.7 Å². The molecule has 1 aromatic heterocycles. The van der Waals surface area contributed by atoms with Gasteiger partial charge in [-0.2, -0.15) is 0 Å². The van der Waals surface area contributed by atoms with E-state index in [1.165, 1.54) is 11.0 Å². The van der Waals surface area contributed by atoms with Crippen molar-refractivity contribution in [2.45, 2.75) is 13.0 Å². The van der Waals surface area contributed by atoms with Crippen LogP contribution in [0.2, 0.25) is 0 Å². The molecule has 1 aliphatic heterocycles. The number of hydrogen-bond acceptors (Lipinski definition) is 4. The lowest BCUT2D eigenvalue weighted by Gasteiger charge is -2.24. The minimum atomic E-state index is -0.520. The molecule has 0 bridgehead atoms. The van der Waals surface area contributed by atoms with Crippen LogP contribution in [-0.2, 0) is 20.9 Å². The van der Waals surface area contributed by atoms with Gasteiger partial charge in [0, 0.05) is 26.6 Å². The monoisotopic (exact) mass is 360 g/mol. The van der Waals surface area contributed by atoms with Crippen molar-refractivity contribution < 1.29 is 23.1 Å². The minimum absolute atomic E-state index is 0.0643. The number of ether oxygens (including phenoxy) is 1. The first kappa shape index (κ1) is 18.1. The molecule has 2 heterocycles. The lowest BCUT2D eigenvalue weighted by Crippen LogP contribution is -2.39. The highest BCUT2D eigenvalue weighted by Crippen LogP contribution is 2.28. The molecule has 3 rings (SSSR count). The number of para-hydroxylation sites is 1. The Labute approximate surface area is 151 Å². The van der Waals surface area contributed by atoms with E-state index in [1.54, 1.807) is 48.6 Å². The van der Waals surface area contributed by atoms with Crippen LogP contribution < -0.4 is 4.90 Å². The zero-order valence-electron chi connectivity index (χ0n) is 14.6. The Hall–Kier alpha value is -2.67. The van der Waals surface area contributed by atoms with Crippen molar-refractivity contribution in [3.05, 3.63) is 54.2 Å². The average Bonchev–Trinajstić information content (AvgIpc) is 3.28. The third kappa shape index (κ3) is 3.94. The molecule has 7 heteroatoms. The molecular formula is C19H21FN2O4. The van der Waals surface area contributed by atoms with Gasteiger partial charge in [0.2, 0.25) is 11.8 Å². The Bertz CT molecular complexity index is 763. The smallest absolute Gasteiger partial charge is 0.228 e. The molecule has 1 aromatic carbocycles. The summed E-state index contributed by atoms with van der Waals surface area (Å²) in [6.45, 7) is 1.24. The summed E-state index contributed by atoms with van der Waals surface area (Å²) < 4.78 is 24.4. The van der Waals surface area contributed by atoms with Gasteiger partial charge in [-0.25, -0.2) is 4.39 Å². The largest absolute Gasteiger partial charge is 0.467 e. The van der Waals surface area contributed by atoms with E-state index in [2.05, 4.69) is 0 Å². The molecule has 0 N–H and O–H groups in total. The number of halogens is 1. The van der Waals surface area contributed by atoms with Gasteiger partial charge in [-0.1, -0.05) is 12.1 Å². The normalized spacial score (nSPS) is 16.9. The van der Waals surface area contributed by atoms with Gasteiger partial charge < -0.3 is 19.0 Å². The molecule has 2 aromatic rings. The van der Waals surface area contributed by atoms with Crippen LogP contribution in [0.4, 0.5) is 10.1 Å². The molecule has 26 heavy (non-hydrogen) atoms. The Morgan fingerprint density at radius 3 is 2.85 bits per heavy atom. The molecule has 1 fully saturated rings. The Morgan fingerprint density at radius 2 is 2.15 bits per heavy atom. The Morgan fingerprint density at radius 1 is 1.35 bits per heavy atom. The summed E-state index contributed by atoms with van der Waals surface area (Å²) in [5, 5.41) is 0. The number of rotatable bonds is 7. The van der Waals surface area contributed by atoms with E-state index in [0.717, 1.165) is 0 Å². The lowest BCUT2D eigenvalue weighted by atomic mass is 10.1. The third-order valence-corrected chi connectivity index (χ3v) is 4.42. The van der Waals surface area contributed by atoms with E-state index in [4.69, 9.17) is 9.15 Å². The second kappa shape index (κ2) is 8.14. The van der Waals surface area contributed by atoms with Crippen molar-refractivity contribution in [2.24, 2.45) is 5.92 Å². The lowest BCUT2D eigenvalue weighted by molar-refractivity contribution is -0.137. The van der Waals surface area contributed by atoms with Crippen molar-refractivity contribution in [2.75, 3.05) is 31.7 Å². The summed E-state index contributed by atoms with van der Waals surface area (Å²) in [6.07, 6.45) is 1.61. The average molecular weight is 360 g/mol. The van der Waals surface area contributed by atoms with E-state index in [-0.39, 0.29) is 30.5 Å². The van der Waals surface area contributed by atoms with Crippen LogP contribution in [0.5, 0.6) is 0 Å². The van der Waals surface area contributed by atoms with E-state index in [0.29, 0.717) is 25.5 Å². The molecule has 138 valence electrons. The van der Waals surface area contributed by atoms with E-state index in [1.807, 2.05) is 0 Å². The molecular weight excluding hydrogens is 339 g/mol. The molecule has 0 spiro atoms. The topological polar surface area (TPSA) is 63.0 Å². The highest BCUT2D eigenvalue weighted by Gasteiger charge is 2.38. The summed E-state index contributed by atoms with van der Waals surface area (Å²) in [7, 11) is 1.56. The highest BCUT2D eigenvalue weighted by molar-refractivity contribution is 6.00. The Balaban J connectivity index is 1.73. The predicted molar refractivity (Wildman–Crippen MR) is 92.9 cm³/mol. The third-order valence-electron chi connectivity index (χ3n) is 4.42. The number of benzene rings is 1. The minimum Gasteiger partial charge on any atom is -0.467 e. The number of amides is 2. The van der Waals surface area contributed by atoms with Crippen LogP contribution in [0.15, 0.2) is 47.1 Å². The SMILES string of the molecule is COCCN(Cc1ccco1)C(=O)C1CC(=O)N(c2ccccc2F)C1. The van der Waals surface area contributed by atoms with Gasteiger partial charge in [0.05, 0.1) is 31.0 Å². The molecule has 0 aliphatic carbocycles.